The molecule has 204 valence electrons. The summed E-state index contributed by atoms with van der Waals surface area (Å²) in [5.41, 5.74) is 0.463. The SMILES string of the molecule is CS(=O)(=O)c1c(F)cc(-c2ccc3cc(O)ccc3c2Oc2ccc(OCCC3CCCCN3)cc2)cc1F. The Kier molecular flexibility index (Phi) is 7.72. The fraction of sp³-hybridized carbons (Fsp3) is 0.267. The first-order chi connectivity index (χ1) is 18.7. The molecule has 4 aromatic carbocycles. The van der Waals surface area contributed by atoms with Gasteiger partial charge in [0.05, 0.1) is 6.61 Å². The molecule has 1 unspecified atom stereocenters. The number of phenols is 1. The fourth-order valence-corrected chi connectivity index (χ4v) is 5.73. The van der Waals surface area contributed by atoms with Gasteiger partial charge in [0, 0.05) is 23.2 Å². The molecule has 1 atom stereocenters. The molecule has 9 heteroatoms. The van der Waals surface area contributed by atoms with E-state index in [1.165, 1.54) is 18.9 Å². The third-order valence-corrected chi connectivity index (χ3v) is 7.96. The van der Waals surface area contributed by atoms with Gasteiger partial charge in [-0.05, 0) is 97.4 Å². The molecule has 1 saturated heterocycles. The molecule has 1 aliphatic heterocycles. The van der Waals surface area contributed by atoms with Gasteiger partial charge in [0.1, 0.15) is 39.5 Å². The number of piperidine rings is 1. The average molecular weight is 554 g/mol. The quantitative estimate of drug-likeness (QED) is 0.256. The Hall–Kier alpha value is -3.69. The molecule has 4 aromatic rings. The highest BCUT2D eigenvalue weighted by Crippen LogP contribution is 2.41. The Morgan fingerprint density at radius 1 is 0.949 bits per heavy atom. The van der Waals surface area contributed by atoms with Crippen molar-refractivity contribution < 1.29 is 31.8 Å². The first-order valence-corrected chi connectivity index (χ1v) is 14.7. The Labute approximate surface area is 226 Å². The van der Waals surface area contributed by atoms with E-state index in [0.29, 0.717) is 46.2 Å². The molecule has 0 saturated carbocycles. The molecule has 0 amide bonds. The van der Waals surface area contributed by atoms with Crippen LogP contribution in [-0.4, -0.2) is 39.0 Å². The summed E-state index contributed by atoms with van der Waals surface area (Å²) in [5.74, 6) is -0.854. The zero-order chi connectivity index (χ0) is 27.6. The predicted molar refractivity (Wildman–Crippen MR) is 146 cm³/mol. The summed E-state index contributed by atoms with van der Waals surface area (Å²) in [6.07, 6.45) is 5.29. The summed E-state index contributed by atoms with van der Waals surface area (Å²) in [6, 6.07) is 17.5. The van der Waals surface area contributed by atoms with Crippen LogP contribution in [-0.2, 0) is 9.84 Å². The van der Waals surface area contributed by atoms with Crippen LogP contribution in [0.25, 0.3) is 21.9 Å². The molecule has 1 fully saturated rings. The number of rotatable bonds is 8. The molecular weight excluding hydrogens is 524 g/mol. The van der Waals surface area contributed by atoms with Crippen LogP contribution in [0, 0.1) is 11.6 Å². The molecule has 0 bridgehead atoms. The van der Waals surface area contributed by atoms with Crippen molar-refractivity contribution in [3.63, 3.8) is 0 Å². The Morgan fingerprint density at radius 3 is 2.33 bits per heavy atom. The lowest BCUT2D eigenvalue weighted by molar-refractivity contribution is 0.268. The molecule has 1 heterocycles. The highest BCUT2D eigenvalue weighted by atomic mass is 32.2. The summed E-state index contributed by atoms with van der Waals surface area (Å²) in [4.78, 5) is -0.978. The van der Waals surface area contributed by atoms with Crippen LogP contribution in [0.2, 0.25) is 0 Å². The molecule has 0 radical (unpaired) electrons. The summed E-state index contributed by atoms with van der Waals surface area (Å²) in [7, 11) is -4.10. The van der Waals surface area contributed by atoms with E-state index < -0.39 is 26.4 Å². The minimum Gasteiger partial charge on any atom is -0.508 e. The molecule has 5 rings (SSSR count). The monoisotopic (exact) mass is 553 g/mol. The zero-order valence-electron chi connectivity index (χ0n) is 21.4. The molecule has 0 spiro atoms. The van der Waals surface area contributed by atoms with Crippen molar-refractivity contribution in [1.82, 2.24) is 5.32 Å². The molecule has 2 N–H and O–H groups in total. The second-order valence-electron chi connectivity index (χ2n) is 9.75. The number of nitrogens with one attached hydrogen (secondary N) is 1. The topological polar surface area (TPSA) is 84.9 Å². The van der Waals surface area contributed by atoms with Gasteiger partial charge in [-0.3, -0.25) is 0 Å². The highest BCUT2D eigenvalue weighted by molar-refractivity contribution is 7.90. The number of phenolic OH excluding ortho intramolecular Hbond substituents is 1. The normalized spacial score (nSPS) is 15.8. The third-order valence-electron chi connectivity index (χ3n) is 6.83. The minimum absolute atomic E-state index is 0.0562. The first-order valence-electron chi connectivity index (χ1n) is 12.8. The number of aromatic hydroxyl groups is 1. The second kappa shape index (κ2) is 11.2. The van der Waals surface area contributed by atoms with Gasteiger partial charge in [-0.25, -0.2) is 17.2 Å². The van der Waals surface area contributed by atoms with E-state index in [1.807, 2.05) is 0 Å². The van der Waals surface area contributed by atoms with Crippen LogP contribution >= 0.6 is 0 Å². The largest absolute Gasteiger partial charge is 0.508 e. The van der Waals surface area contributed by atoms with Gasteiger partial charge in [0.25, 0.3) is 0 Å². The molecular formula is C30H29F2NO5S. The van der Waals surface area contributed by atoms with Crippen LogP contribution in [0.5, 0.6) is 23.0 Å². The third kappa shape index (κ3) is 6.15. The number of sulfone groups is 1. The molecule has 1 aliphatic rings. The summed E-state index contributed by atoms with van der Waals surface area (Å²) < 4.78 is 65.4. The van der Waals surface area contributed by atoms with Crippen LogP contribution in [0.15, 0.2) is 71.6 Å². The van der Waals surface area contributed by atoms with E-state index >= 15 is 0 Å². The highest BCUT2D eigenvalue weighted by Gasteiger charge is 2.23. The number of hydrogen-bond acceptors (Lipinski definition) is 6. The van der Waals surface area contributed by atoms with Gasteiger partial charge in [0.15, 0.2) is 9.84 Å². The van der Waals surface area contributed by atoms with E-state index in [-0.39, 0.29) is 11.3 Å². The zero-order valence-corrected chi connectivity index (χ0v) is 22.2. The smallest absolute Gasteiger partial charge is 0.181 e. The van der Waals surface area contributed by atoms with Crippen molar-refractivity contribution in [3.05, 3.63) is 78.4 Å². The maximum Gasteiger partial charge on any atom is 0.181 e. The molecule has 0 aliphatic carbocycles. The van der Waals surface area contributed by atoms with Crippen LogP contribution in [0.3, 0.4) is 0 Å². The standard InChI is InChI=1S/C30H29F2NO5S/c1-39(35,36)30-27(31)17-20(18-28(30)32)26-11-5-19-16-22(34)6-12-25(19)29(26)38-24-9-7-23(8-10-24)37-15-13-21-4-2-3-14-33-21/h5-12,16-18,21,33-34H,2-4,13-15H2,1H3. The van der Waals surface area contributed by atoms with Gasteiger partial charge in [-0.1, -0.05) is 12.5 Å². The average Bonchev–Trinajstić information content (AvgIpc) is 2.89. The fourth-order valence-electron chi connectivity index (χ4n) is 4.91. The van der Waals surface area contributed by atoms with Crippen LogP contribution in [0.1, 0.15) is 25.7 Å². The number of ether oxygens (including phenoxy) is 2. The van der Waals surface area contributed by atoms with Crippen LogP contribution < -0.4 is 14.8 Å². The van der Waals surface area contributed by atoms with E-state index in [1.54, 1.807) is 48.5 Å². The minimum atomic E-state index is -4.10. The molecule has 39 heavy (non-hydrogen) atoms. The lowest BCUT2D eigenvalue weighted by atomic mass is 9.99. The maximum atomic E-state index is 14.8. The summed E-state index contributed by atoms with van der Waals surface area (Å²) >= 11 is 0. The van der Waals surface area contributed by atoms with Crippen LogP contribution in [0.4, 0.5) is 8.78 Å². The summed E-state index contributed by atoms with van der Waals surface area (Å²) in [6.45, 7) is 1.64. The van der Waals surface area contributed by atoms with Gasteiger partial charge in [-0.15, -0.1) is 0 Å². The van der Waals surface area contributed by atoms with Gasteiger partial charge >= 0.3 is 0 Å². The van der Waals surface area contributed by atoms with Crippen molar-refractivity contribution in [2.75, 3.05) is 19.4 Å². The maximum absolute atomic E-state index is 14.8. The number of fused-ring (bicyclic) bond motifs is 1. The second-order valence-corrected chi connectivity index (χ2v) is 11.7. The molecule has 0 aromatic heterocycles. The number of halogens is 2. The molecule has 6 nitrogen and oxygen atoms in total. The Balaban J connectivity index is 1.44. The van der Waals surface area contributed by atoms with Crippen molar-refractivity contribution in [2.24, 2.45) is 0 Å². The Morgan fingerprint density at radius 2 is 1.67 bits per heavy atom. The van der Waals surface area contributed by atoms with Gasteiger partial charge < -0.3 is 19.9 Å². The van der Waals surface area contributed by atoms with E-state index in [9.17, 15) is 22.3 Å². The van der Waals surface area contributed by atoms with Crippen molar-refractivity contribution >= 4 is 20.6 Å². The van der Waals surface area contributed by atoms with Crippen molar-refractivity contribution in [1.29, 1.82) is 0 Å². The van der Waals surface area contributed by atoms with E-state index in [4.69, 9.17) is 9.47 Å². The predicted octanol–water partition coefficient (Wildman–Crippen LogP) is 6.60. The van der Waals surface area contributed by atoms with E-state index in [0.717, 1.165) is 37.8 Å². The Bertz CT molecular complexity index is 1580. The number of benzene rings is 4. The van der Waals surface area contributed by atoms with Gasteiger partial charge in [-0.2, -0.15) is 0 Å². The summed E-state index contributed by atoms with van der Waals surface area (Å²) in [5, 5.41) is 14.7. The van der Waals surface area contributed by atoms with Crippen molar-refractivity contribution in [3.8, 4) is 34.1 Å². The lowest BCUT2D eigenvalue weighted by Gasteiger charge is -2.23. The number of hydrogen-bond donors (Lipinski definition) is 2. The van der Waals surface area contributed by atoms with Gasteiger partial charge in [0.2, 0.25) is 0 Å². The van der Waals surface area contributed by atoms with Crippen molar-refractivity contribution in [2.45, 2.75) is 36.6 Å². The first kappa shape index (κ1) is 26.9. The lowest BCUT2D eigenvalue weighted by Crippen LogP contribution is -2.35. The van der Waals surface area contributed by atoms with E-state index in [2.05, 4.69) is 5.32 Å².